The van der Waals surface area contributed by atoms with Crippen LogP contribution in [0.3, 0.4) is 0 Å². The average Bonchev–Trinajstić information content (AvgIpc) is 2.62. The van der Waals surface area contributed by atoms with Crippen molar-refractivity contribution in [1.82, 2.24) is 0 Å². The van der Waals surface area contributed by atoms with E-state index in [4.69, 9.17) is 30.6 Å². The number of carbonyl (C=O) groups is 9. The van der Waals surface area contributed by atoms with Crippen molar-refractivity contribution >= 4 is 53.2 Å². The van der Waals surface area contributed by atoms with Crippen LogP contribution in [0.5, 0.6) is 0 Å². The van der Waals surface area contributed by atoms with Gasteiger partial charge in [-0.2, -0.15) is 0 Å². The maximum atomic E-state index is 10.2. The van der Waals surface area contributed by atoms with Gasteiger partial charge in [0.25, 0.3) is 0 Å². The normalized spacial score (nSPS) is 8.25. The van der Waals surface area contributed by atoms with Crippen molar-refractivity contribution in [3.8, 4) is 0 Å². The summed E-state index contributed by atoms with van der Waals surface area (Å²) in [5.41, 5.74) is 0. The Morgan fingerprint density at radius 2 is 0.500 bits per heavy atom. The number of hydrogen-bond donors (Lipinski definition) is 6. The second kappa shape index (κ2) is 22.8. The smallest absolute Gasteiger partial charge is 0.372 e. The Hall–Kier alpha value is -2.92. The van der Waals surface area contributed by atoms with Gasteiger partial charge in [-0.3, -0.25) is 28.8 Å². The first-order chi connectivity index (χ1) is 13.6. The van der Waals surface area contributed by atoms with Gasteiger partial charge < -0.3 is 30.6 Å². The second-order valence-electron chi connectivity index (χ2n) is 4.87. The molecule has 0 bridgehead atoms. The van der Waals surface area contributed by atoms with Crippen LogP contribution in [0, 0.1) is 0 Å². The molecule has 0 aliphatic rings. The minimum Gasteiger partial charge on any atom is -0.481 e. The molecule has 0 aromatic heterocycles. The van der Waals surface area contributed by atoms with Gasteiger partial charge >= 0.3 is 35.8 Å². The van der Waals surface area contributed by atoms with E-state index in [1.807, 2.05) is 0 Å². The zero-order chi connectivity index (χ0) is 24.4. The first-order valence-corrected chi connectivity index (χ1v) is 7.55. The van der Waals surface area contributed by atoms with E-state index in [0.29, 0.717) is 0 Å². The van der Waals surface area contributed by atoms with E-state index in [2.05, 4.69) is 0 Å². The van der Waals surface area contributed by atoms with E-state index >= 15 is 0 Å². The molecule has 0 radical (unpaired) electrons. The molecule has 0 heterocycles. The maximum Gasteiger partial charge on any atom is 0.372 e. The topological polar surface area (TPSA) is 275 Å². The number of carboxylic acid groups (broad SMARTS) is 6. The van der Waals surface area contributed by atoms with Gasteiger partial charge in [-0.25, -0.2) is 14.4 Å². The predicted molar refractivity (Wildman–Crippen MR) is 88.5 cm³/mol. The number of hydrogen-bond acceptors (Lipinski definition) is 9. The predicted octanol–water partition coefficient (Wildman–Crippen LogP) is -1.49. The van der Waals surface area contributed by atoms with Crippen LogP contribution >= 0.6 is 0 Å². The van der Waals surface area contributed by atoms with Crippen LogP contribution < -0.4 is 0 Å². The van der Waals surface area contributed by atoms with Crippen LogP contribution in [0.1, 0.15) is 38.5 Å². The summed E-state index contributed by atoms with van der Waals surface area (Å²) in [6, 6.07) is 0. The van der Waals surface area contributed by atoms with Crippen molar-refractivity contribution in [3.63, 3.8) is 0 Å². The molecular weight excluding hydrogens is 622 g/mol. The fourth-order valence-electron chi connectivity index (χ4n) is 0.982. The number of rotatable bonds is 12. The van der Waals surface area contributed by atoms with Crippen LogP contribution in [0.15, 0.2) is 0 Å². The van der Waals surface area contributed by atoms with Gasteiger partial charge in [-0.05, 0) is 0 Å². The van der Waals surface area contributed by atoms with E-state index in [-0.39, 0.29) is 39.0 Å². The Balaban J connectivity index is -0.000000110. The van der Waals surface area contributed by atoms with Crippen LogP contribution in [-0.2, 0) is 82.1 Å². The van der Waals surface area contributed by atoms with Gasteiger partial charge in [-0.1, -0.05) is 0 Å². The summed E-state index contributed by atoms with van der Waals surface area (Å²) < 4.78 is 0. The Morgan fingerprint density at radius 1 is 0.344 bits per heavy atom. The summed E-state index contributed by atoms with van der Waals surface area (Å²) in [5, 5.41) is 47.9. The number of carboxylic acids is 6. The molecule has 0 aliphatic carbocycles. The zero-order valence-electron chi connectivity index (χ0n) is 15.8. The molecule has 0 aliphatic heterocycles. The average molecular weight is 640 g/mol. The van der Waals surface area contributed by atoms with E-state index in [1.165, 1.54) is 0 Å². The van der Waals surface area contributed by atoms with Crippen molar-refractivity contribution in [2.45, 2.75) is 38.5 Å². The summed E-state index contributed by atoms with van der Waals surface area (Å²) in [6.07, 6.45) is -2.60. The van der Waals surface area contributed by atoms with Gasteiger partial charge in [-0.15, -0.1) is 0 Å². The molecule has 15 nitrogen and oxygen atoms in total. The first-order valence-electron chi connectivity index (χ1n) is 7.55. The quantitative estimate of drug-likeness (QED) is 0.105. The fourth-order valence-corrected chi connectivity index (χ4v) is 0.982. The van der Waals surface area contributed by atoms with Crippen molar-refractivity contribution in [2.24, 2.45) is 0 Å². The maximum absolute atomic E-state index is 10.2. The largest absolute Gasteiger partial charge is 0.481 e. The van der Waals surface area contributed by atoms with Crippen molar-refractivity contribution in [2.75, 3.05) is 0 Å². The second-order valence-corrected chi connectivity index (χ2v) is 4.87. The van der Waals surface area contributed by atoms with Crippen LogP contribution in [0.2, 0.25) is 0 Å². The molecule has 17 heteroatoms. The Labute approximate surface area is 204 Å². The molecule has 0 fully saturated rings. The van der Waals surface area contributed by atoms with Crippen LogP contribution in [0.25, 0.3) is 0 Å². The van der Waals surface area contributed by atoms with Crippen LogP contribution in [0.4, 0.5) is 0 Å². The van der Waals surface area contributed by atoms with Crippen molar-refractivity contribution in [3.05, 3.63) is 0 Å². The summed E-state index contributed by atoms with van der Waals surface area (Å²) in [5.74, 6) is -11.5. The Morgan fingerprint density at radius 3 is 0.594 bits per heavy atom. The van der Waals surface area contributed by atoms with Gasteiger partial charge in [0.15, 0.2) is 0 Å². The van der Waals surface area contributed by atoms with E-state index in [1.54, 1.807) is 0 Å². The summed E-state index contributed by atoms with van der Waals surface area (Å²) >= 11 is 0. The molecule has 0 spiro atoms. The molecule has 0 saturated heterocycles. The van der Waals surface area contributed by atoms with Gasteiger partial charge in [0.05, 0.1) is 19.3 Å². The fraction of sp³-hybridized carbons (Fsp3) is 0.400. The number of aliphatic carboxylic acids is 6. The first kappa shape index (κ1) is 39.5. The molecule has 0 aromatic rings. The number of ketones is 3. The number of Topliss-reactive ketones (excluding diaryl/α,β-unsaturated/α-hetero) is 3. The third kappa shape index (κ3) is 31.8. The molecule has 184 valence electrons. The molecule has 0 rings (SSSR count). The number of carbonyl (C=O) groups excluding carboxylic acids is 3. The van der Waals surface area contributed by atoms with E-state index < -0.39 is 91.7 Å². The Bertz CT molecular complexity index is 619. The van der Waals surface area contributed by atoms with Gasteiger partial charge in [0.1, 0.15) is 0 Å². The third-order valence-electron chi connectivity index (χ3n) is 2.41. The molecule has 6 N–H and O–H groups in total. The molecule has 0 aromatic carbocycles. The monoisotopic (exact) mass is 642 g/mol. The molecule has 0 unspecified atom stereocenters. The third-order valence-corrected chi connectivity index (χ3v) is 2.41. The molecule has 32 heavy (non-hydrogen) atoms. The standard InChI is InChI=1S/3C5H6O5.2Ru/c3*6-3(5(9)10)1-2-4(7)8;;/h3*1-2H2,(H,7,8)(H,9,10);;. The van der Waals surface area contributed by atoms with E-state index in [0.717, 1.165) is 0 Å². The zero-order valence-corrected chi connectivity index (χ0v) is 19.3. The van der Waals surface area contributed by atoms with Gasteiger partial charge in [0, 0.05) is 58.2 Å². The minimum atomic E-state index is -1.58. The van der Waals surface area contributed by atoms with Gasteiger partial charge in [0.2, 0.25) is 17.3 Å². The van der Waals surface area contributed by atoms with Crippen molar-refractivity contribution < 1.29 is 113 Å². The minimum absolute atomic E-state index is 0. The van der Waals surface area contributed by atoms with Crippen LogP contribution in [-0.4, -0.2) is 83.8 Å². The molecule has 0 saturated carbocycles. The van der Waals surface area contributed by atoms with Crippen molar-refractivity contribution in [1.29, 1.82) is 0 Å². The Kier molecular flexibility index (Phi) is 28.1. The molecular formula is C15H18O15Ru2. The molecule has 0 atom stereocenters. The SMILES string of the molecule is O=C(O)CCC(=O)C(=O)O.O=C(O)CCC(=O)C(=O)O.O=C(O)CCC(=O)C(=O)O.[Ru].[Ru]. The summed E-state index contributed by atoms with van der Waals surface area (Å²) in [4.78, 5) is 89.2. The van der Waals surface area contributed by atoms with E-state index in [9.17, 15) is 43.2 Å². The summed E-state index contributed by atoms with van der Waals surface area (Å²) in [6.45, 7) is 0. The molecule has 0 amide bonds. The summed E-state index contributed by atoms with van der Waals surface area (Å²) in [7, 11) is 0.